The highest BCUT2D eigenvalue weighted by Gasteiger charge is 2.19. The summed E-state index contributed by atoms with van der Waals surface area (Å²) in [6.07, 6.45) is 5.62. The zero-order valence-electron chi connectivity index (χ0n) is 18.7. The molecule has 3 N–H and O–H groups in total. The lowest BCUT2D eigenvalue weighted by Crippen LogP contribution is -2.36. The highest BCUT2D eigenvalue weighted by molar-refractivity contribution is 8.01. The topological polar surface area (TPSA) is 113 Å². The van der Waals surface area contributed by atoms with Crippen LogP contribution in [0.25, 0.3) is 0 Å². The van der Waals surface area contributed by atoms with Crippen LogP contribution in [0.15, 0.2) is 28.8 Å². The second-order valence-electron chi connectivity index (χ2n) is 8.15. The summed E-state index contributed by atoms with van der Waals surface area (Å²) in [6, 6.07) is 7.14. The second-order valence-corrected chi connectivity index (χ2v) is 9.48. The van der Waals surface area contributed by atoms with Crippen LogP contribution in [0.2, 0.25) is 0 Å². The van der Waals surface area contributed by atoms with Gasteiger partial charge in [0.2, 0.25) is 11.8 Å². The van der Waals surface area contributed by atoms with Crippen LogP contribution in [0.4, 0.5) is 11.5 Å². The third-order valence-electron chi connectivity index (χ3n) is 5.42. The molecule has 32 heavy (non-hydrogen) atoms. The summed E-state index contributed by atoms with van der Waals surface area (Å²) >= 11 is 1.22. The molecule has 0 bridgehead atoms. The molecule has 0 spiro atoms. The summed E-state index contributed by atoms with van der Waals surface area (Å²) in [5.41, 5.74) is 2.06. The van der Waals surface area contributed by atoms with Crippen LogP contribution in [-0.2, 0) is 9.59 Å². The lowest BCUT2D eigenvalue weighted by atomic mass is 9.95. The maximum absolute atomic E-state index is 12.5. The Morgan fingerprint density at radius 1 is 1.12 bits per heavy atom. The van der Waals surface area contributed by atoms with Crippen molar-refractivity contribution in [2.24, 2.45) is 0 Å². The first-order valence-corrected chi connectivity index (χ1v) is 11.9. The molecule has 2 aromatic rings. The molecule has 1 fully saturated rings. The minimum absolute atomic E-state index is 0.0735. The molecule has 1 unspecified atom stereocenters. The molecule has 1 heterocycles. The molecule has 1 saturated carbocycles. The fourth-order valence-electron chi connectivity index (χ4n) is 3.58. The number of nitrogens with one attached hydrogen (secondary N) is 3. The number of carbonyl (C=O) groups excluding carboxylic acids is 3. The molecule has 8 nitrogen and oxygen atoms in total. The summed E-state index contributed by atoms with van der Waals surface area (Å²) in [4.78, 5) is 37.1. The number of thioether (sulfide) groups is 1. The van der Waals surface area contributed by atoms with Crippen molar-refractivity contribution in [3.8, 4) is 0 Å². The Balaban J connectivity index is 1.46. The molecule has 1 aromatic carbocycles. The maximum Gasteiger partial charge on any atom is 0.251 e. The SMILES string of the molecule is Cc1cc(NC(=O)C(C)SCC(=O)Nc2ccc(C(=O)NC3CCCCC3)cc2C)no1. The molecule has 0 saturated heterocycles. The molecule has 1 aliphatic carbocycles. The molecule has 0 aliphatic heterocycles. The second kappa shape index (κ2) is 11.2. The molecular weight excluding hydrogens is 428 g/mol. The van der Waals surface area contributed by atoms with E-state index in [1.54, 1.807) is 38.1 Å². The normalized spacial score (nSPS) is 15.1. The molecule has 0 radical (unpaired) electrons. The van der Waals surface area contributed by atoms with Gasteiger partial charge in [-0.15, -0.1) is 11.8 Å². The smallest absolute Gasteiger partial charge is 0.251 e. The van der Waals surface area contributed by atoms with Gasteiger partial charge in [0.1, 0.15) is 5.76 Å². The van der Waals surface area contributed by atoms with Crippen LogP contribution in [0, 0.1) is 13.8 Å². The van der Waals surface area contributed by atoms with Gasteiger partial charge in [-0.05, 0) is 57.4 Å². The third-order valence-corrected chi connectivity index (χ3v) is 6.56. The number of rotatable bonds is 8. The number of anilines is 2. The first-order valence-electron chi connectivity index (χ1n) is 10.9. The van der Waals surface area contributed by atoms with Gasteiger partial charge in [-0.1, -0.05) is 24.4 Å². The fraction of sp³-hybridized carbons (Fsp3) is 0.478. The van der Waals surface area contributed by atoms with E-state index in [0.29, 0.717) is 22.8 Å². The number of carbonyl (C=O) groups is 3. The third kappa shape index (κ3) is 6.85. The van der Waals surface area contributed by atoms with Crippen LogP contribution >= 0.6 is 11.8 Å². The number of aromatic nitrogens is 1. The Morgan fingerprint density at radius 2 is 1.88 bits per heavy atom. The highest BCUT2D eigenvalue weighted by Crippen LogP contribution is 2.21. The van der Waals surface area contributed by atoms with E-state index in [4.69, 9.17) is 4.52 Å². The van der Waals surface area contributed by atoms with E-state index in [9.17, 15) is 14.4 Å². The Labute approximate surface area is 192 Å². The lowest BCUT2D eigenvalue weighted by molar-refractivity contribution is -0.115. The zero-order valence-corrected chi connectivity index (χ0v) is 19.5. The van der Waals surface area contributed by atoms with Crippen LogP contribution in [0.3, 0.4) is 0 Å². The van der Waals surface area contributed by atoms with Crippen molar-refractivity contribution < 1.29 is 18.9 Å². The maximum atomic E-state index is 12.5. The van der Waals surface area contributed by atoms with Crippen molar-refractivity contribution in [2.45, 2.75) is 64.2 Å². The quantitative estimate of drug-likeness (QED) is 0.550. The van der Waals surface area contributed by atoms with Gasteiger partial charge in [0.25, 0.3) is 5.91 Å². The van der Waals surface area contributed by atoms with Gasteiger partial charge in [0.05, 0.1) is 11.0 Å². The number of hydrogen-bond donors (Lipinski definition) is 3. The van der Waals surface area contributed by atoms with Crippen LogP contribution < -0.4 is 16.0 Å². The van der Waals surface area contributed by atoms with Crippen molar-refractivity contribution in [1.29, 1.82) is 0 Å². The van der Waals surface area contributed by atoms with Crippen molar-refractivity contribution in [3.05, 3.63) is 41.2 Å². The van der Waals surface area contributed by atoms with Crippen molar-refractivity contribution in [1.82, 2.24) is 10.5 Å². The Bertz CT molecular complexity index is 969. The van der Waals surface area contributed by atoms with Crippen LogP contribution in [0.1, 0.15) is 60.7 Å². The standard InChI is InChI=1S/C23H30N4O4S/c1-14-11-17(23(30)24-18-7-5-4-6-8-18)9-10-19(14)25-21(28)13-32-16(3)22(29)26-20-12-15(2)31-27-20/h9-12,16,18H,4-8,13H2,1-3H3,(H,24,30)(H,25,28)(H,26,27,29). The molecule has 1 aromatic heterocycles. The zero-order chi connectivity index (χ0) is 23.1. The van der Waals surface area contributed by atoms with Crippen molar-refractivity contribution in [3.63, 3.8) is 0 Å². The number of benzene rings is 1. The van der Waals surface area contributed by atoms with Gasteiger partial charge < -0.3 is 20.5 Å². The Morgan fingerprint density at radius 3 is 2.53 bits per heavy atom. The lowest BCUT2D eigenvalue weighted by Gasteiger charge is -2.23. The number of aryl methyl sites for hydroxylation is 2. The molecule has 1 atom stereocenters. The molecule has 3 rings (SSSR count). The predicted molar refractivity (Wildman–Crippen MR) is 126 cm³/mol. The molecule has 9 heteroatoms. The highest BCUT2D eigenvalue weighted by atomic mass is 32.2. The summed E-state index contributed by atoms with van der Waals surface area (Å²) in [5.74, 6) is 0.543. The van der Waals surface area contributed by atoms with E-state index in [0.717, 1.165) is 31.2 Å². The first-order chi connectivity index (χ1) is 15.3. The first kappa shape index (κ1) is 23.8. The van der Waals surface area contributed by atoms with Gasteiger partial charge in [-0.25, -0.2) is 0 Å². The van der Waals surface area contributed by atoms with Gasteiger partial charge in [-0.2, -0.15) is 0 Å². The Hall–Kier alpha value is -2.81. The average Bonchev–Trinajstić information content (AvgIpc) is 3.18. The number of nitrogens with zero attached hydrogens (tertiary/aromatic N) is 1. The fourth-order valence-corrected chi connectivity index (χ4v) is 4.26. The molecule has 1 aliphatic rings. The summed E-state index contributed by atoms with van der Waals surface area (Å²) < 4.78 is 4.92. The van der Waals surface area contributed by atoms with E-state index < -0.39 is 5.25 Å². The van der Waals surface area contributed by atoms with Gasteiger partial charge in [0, 0.05) is 23.4 Å². The van der Waals surface area contributed by atoms with Crippen molar-refractivity contribution >= 4 is 41.0 Å². The van der Waals surface area contributed by atoms with Gasteiger partial charge in [-0.3, -0.25) is 14.4 Å². The summed E-state index contributed by atoms with van der Waals surface area (Å²) in [7, 11) is 0. The number of hydrogen-bond acceptors (Lipinski definition) is 6. The minimum atomic E-state index is -0.440. The minimum Gasteiger partial charge on any atom is -0.360 e. The predicted octanol–water partition coefficient (Wildman–Crippen LogP) is 4.05. The van der Waals surface area contributed by atoms with E-state index in [2.05, 4.69) is 21.1 Å². The van der Waals surface area contributed by atoms with Gasteiger partial charge in [0.15, 0.2) is 5.82 Å². The average molecular weight is 459 g/mol. The molecule has 172 valence electrons. The van der Waals surface area contributed by atoms with E-state index >= 15 is 0 Å². The van der Waals surface area contributed by atoms with E-state index in [-0.39, 0.29) is 29.5 Å². The van der Waals surface area contributed by atoms with Crippen molar-refractivity contribution in [2.75, 3.05) is 16.4 Å². The van der Waals surface area contributed by atoms with Crippen LogP contribution in [0.5, 0.6) is 0 Å². The Kier molecular flexibility index (Phi) is 8.33. The summed E-state index contributed by atoms with van der Waals surface area (Å²) in [5, 5.41) is 11.9. The summed E-state index contributed by atoms with van der Waals surface area (Å²) in [6.45, 7) is 5.32. The van der Waals surface area contributed by atoms with Crippen LogP contribution in [-0.4, -0.2) is 39.9 Å². The molecule has 3 amide bonds. The largest absolute Gasteiger partial charge is 0.360 e. The molecular formula is C23H30N4O4S. The van der Waals surface area contributed by atoms with E-state index in [1.807, 2.05) is 6.92 Å². The van der Waals surface area contributed by atoms with Gasteiger partial charge >= 0.3 is 0 Å². The van der Waals surface area contributed by atoms with E-state index in [1.165, 1.54) is 18.2 Å². The number of amides is 3. The monoisotopic (exact) mass is 458 g/mol.